The lowest BCUT2D eigenvalue weighted by molar-refractivity contribution is 0.0785. The van der Waals surface area contributed by atoms with E-state index in [0.717, 1.165) is 22.3 Å². The summed E-state index contributed by atoms with van der Waals surface area (Å²) in [6, 6.07) is 13.5. The molecule has 2 aromatic rings. The van der Waals surface area contributed by atoms with Crippen LogP contribution in [0.5, 0.6) is 0 Å². The Balaban J connectivity index is 2.22. The molecule has 1 saturated heterocycles. The van der Waals surface area contributed by atoms with Crippen molar-refractivity contribution in [3.05, 3.63) is 53.6 Å². The van der Waals surface area contributed by atoms with E-state index in [-0.39, 0.29) is 0 Å². The van der Waals surface area contributed by atoms with Crippen molar-refractivity contribution in [2.75, 3.05) is 19.7 Å². The first-order chi connectivity index (χ1) is 11.5. The van der Waals surface area contributed by atoms with Gasteiger partial charge >= 0.3 is 0 Å². The normalized spacial score (nSPS) is 18.5. The molecule has 0 bridgehead atoms. The summed E-state index contributed by atoms with van der Waals surface area (Å²) in [5.74, 6) is 0. The first kappa shape index (κ1) is 17.6. The molecule has 4 nitrogen and oxygen atoms in total. The van der Waals surface area contributed by atoms with Crippen LogP contribution in [0.25, 0.3) is 11.1 Å². The number of morpholine rings is 1. The summed E-state index contributed by atoms with van der Waals surface area (Å²) in [7, 11) is -3.62. The number of alkyl halides is 1. The highest BCUT2D eigenvalue weighted by Gasteiger charge is 2.34. The molecule has 24 heavy (non-hydrogen) atoms. The minimum atomic E-state index is -3.62. The van der Waals surface area contributed by atoms with Crippen LogP contribution in [0, 0.1) is 6.92 Å². The predicted molar refractivity (Wildman–Crippen MR) is 99.0 cm³/mol. The molecule has 1 N–H and O–H groups in total. The van der Waals surface area contributed by atoms with Crippen LogP contribution in [-0.4, -0.2) is 33.6 Å². The Bertz CT molecular complexity index is 816. The third-order valence-corrected chi connectivity index (χ3v) is 6.71. The molecule has 128 valence electrons. The van der Waals surface area contributed by atoms with E-state index in [1.54, 1.807) is 0 Å². The van der Waals surface area contributed by atoms with Crippen LogP contribution in [0.4, 0.5) is 0 Å². The van der Waals surface area contributed by atoms with E-state index < -0.39 is 15.3 Å². The maximum atomic E-state index is 13.3. The molecular weight excluding hydrogens is 390 g/mol. The summed E-state index contributed by atoms with van der Waals surface area (Å²) >= 11 is 3.44. The van der Waals surface area contributed by atoms with Crippen LogP contribution in [0.1, 0.15) is 11.1 Å². The van der Waals surface area contributed by atoms with E-state index in [1.807, 2.05) is 49.4 Å². The molecule has 1 aliphatic rings. The summed E-state index contributed by atoms with van der Waals surface area (Å²) < 4.78 is 32.1. The highest BCUT2D eigenvalue weighted by atomic mass is 79.9. The third kappa shape index (κ3) is 3.42. The Morgan fingerprint density at radius 3 is 2.62 bits per heavy atom. The topological polar surface area (TPSA) is 55.4 Å². The second-order valence-corrected chi connectivity index (χ2v) is 8.43. The van der Waals surface area contributed by atoms with Crippen molar-refractivity contribution in [3.63, 3.8) is 0 Å². The zero-order valence-corrected chi connectivity index (χ0v) is 15.9. The predicted octanol–water partition coefficient (Wildman–Crippen LogP) is 3.28. The fourth-order valence-corrected chi connectivity index (χ4v) is 5.47. The first-order valence-electron chi connectivity index (χ1n) is 7.85. The van der Waals surface area contributed by atoms with Gasteiger partial charge < -0.3 is 10.1 Å². The van der Waals surface area contributed by atoms with Gasteiger partial charge in [-0.05, 0) is 18.1 Å². The Morgan fingerprint density at radius 1 is 1.25 bits per heavy atom. The number of sulfone groups is 1. The maximum absolute atomic E-state index is 13.3. The molecule has 0 aliphatic carbocycles. The van der Waals surface area contributed by atoms with Crippen LogP contribution in [0.2, 0.25) is 0 Å². The van der Waals surface area contributed by atoms with Gasteiger partial charge in [-0.3, -0.25) is 0 Å². The average Bonchev–Trinajstić information content (AvgIpc) is 2.62. The SMILES string of the molecule is Cc1cc(CBr)c(S(=O)(=O)[C@@H]2CNCCO2)c(-c2ccccc2)c1. The molecule has 0 aromatic heterocycles. The van der Waals surface area contributed by atoms with E-state index >= 15 is 0 Å². The summed E-state index contributed by atoms with van der Waals surface area (Å²) in [5, 5.41) is 3.58. The van der Waals surface area contributed by atoms with Crippen LogP contribution < -0.4 is 5.32 Å². The van der Waals surface area contributed by atoms with Gasteiger partial charge in [0.25, 0.3) is 0 Å². The highest BCUT2D eigenvalue weighted by Crippen LogP contribution is 2.35. The Kier molecular flexibility index (Phi) is 5.39. The highest BCUT2D eigenvalue weighted by molar-refractivity contribution is 9.08. The fourth-order valence-electron chi connectivity index (χ4n) is 2.99. The number of halogens is 1. The number of nitrogens with one attached hydrogen (secondary N) is 1. The van der Waals surface area contributed by atoms with Gasteiger partial charge in [-0.15, -0.1) is 0 Å². The van der Waals surface area contributed by atoms with Gasteiger partial charge in [-0.25, -0.2) is 8.42 Å². The Hall–Kier alpha value is -1.21. The molecule has 1 fully saturated rings. The lowest BCUT2D eigenvalue weighted by Gasteiger charge is -2.26. The van der Waals surface area contributed by atoms with Gasteiger partial charge in [0.1, 0.15) is 0 Å². The van der Waals surface area contributed by atoms with E-state index in [0.29, 0.717) is 29.9 Å². The molecule has 1 heterocycles. The molecule has 3 rings (SSSR count). The molecule has 0 spiro atoms. The van der Waals surface area contributed by atoms with Crippen LogP contribution in [0.15, 0.2) is 47.4 Å². The maximum Gasteiger partial charge on any atom is 0.207 e. The Morgan fingerprint density at radius 2 is 2.00 bits per heavy atom. The monoisotopic (exact) mass is 409 g/mol. The quantitative estimate of drug-likeness (QED) is 0.787. The fraction of sp³-hybridized carbons (Fsp3) is 0.333. The van der Waals surface area contributed by atoms with Crippen molar-refractivity contribution in [2.24, 2.45) is 0 Å². The molecule has 2 aromatic carbocycles. The molecule has 0 saturated carbocycles. The first-order valence-corrected chi connectivity index (χ1v) is 10.5. The average molecular weight is 410 g/mol. The standard InChI is InChI=1S/C18H20BrNO3S/c1-13-9-15(11-19)18(16(10-13)14-5-3-2-4-6-14)24(21,22)17-12-20-7-8-23-17/h2-6,9-10,17,20H,7-8,11-12H2,1H3/t17-/m1/s1. The largest absolute Gasteiger partial charge is 0.359 e. The van der Waals surface area contributed by atoms with Crippen LogP contribution in [-0.2, 0) is 19.9 Å². The lowest BCUT2D eigenvalue weighted by atomic mass is 10.0. The molecule has 0 amide bonds. The van der Waals surface area contributed by atoms with Crippen molar-refractivity contribution < 1.29 is 13.2 Å². The Labute approximate surface area is 151 Å². The van der Waals surface area contributed by atoms with Gasteiger partial charge in [0, 0.05) is 24.0 Å². The van der Waals surface area contributed by atoms with Crippen molar-refractivity contribution in [2.45, 2.75) is 22.6 Å². The van der Waals surface area contributed by atoms with Gasteiger partial charge in [0.2, 0.25) is 9.84 Å². The van der Waals surface area contributed by atoms with Gasteiger partial charge in [-0.2, -0.15) is 0 Å². The van der Waals surface area contributed by atoms with Crippen molar-refractivity contribution >= 4 is 25.8 Å². The van der Waals surface area contributed by atoms with Crippen LogP contribution in [0.3, 0.4) is 0 Å². The number of benzene rings is 2. The number of hydrogen-bond acceptors (Lipinski definition) is 4. The van der Waals surface area contributed by atoms with Crippen molar-refractivity contribution in [3.8, 4) is 11.1 Å². The summed E-state index contributed by atoms with van der Waals surface area (Å²) in [4.78, 5) is 0.366. The number of aryl methyl sites for hydroxylation is 1. The van der Waals surface area contributed by atoms with Crippen LogP contribution >= 0.6 is 15.9 Å². The minimum absolute atomic E-state index is 0.312. The third-order valence-electron chi connectivity index (χ3n) is 4.06. The van der Waals surface area contributed by atoms with Gasteiger partial charge in [0.15, 0.2) is 5.44 Å². The van der Waals surface area contributed by atoms with E-state index in [2.05, 4.69) is 21.2 Å². The van der Waals surface area contributed by atoms with E-state index in [9.17, 15) is 8.42 Å². The summed E-state index contributed by atoms with van der Waals surface area (Å²) in [5.41, 5.74) is 2.58. The number of hydrogen-bond donors (Lipinski definition) is 1. The smallest absolute Gasteiger partial charge is 0.207 e. The summed E-state index contributed by atoms with van der Waals surface area (Å²) in [6.45, 7) is 3.37. The zero-order valence-electron chi connectivity index (χ0n) is 13.5. The second kappa shape index (κ2) is 7.35. The van der Waals surface area contributed by atoms with Gasteiger partial charge in [-0.1, -0.05) is 64.0 Å². The number of ether oxygens (including phenoxy) is 1. The molecule has 1 aliphatic heterocycles. The minimum Gasteiger partial charge on any atom is -0.359 e. The molecule has 0 radical (unpaired) electrons. The van der Waals surface area contributed by atoms with Crippen molar-refractivity contribution in [1.82, 2.24) is 5.32 Å². The number of rotatable bonds is 4. The van der Waals surface area contributed by atoms with E-state index in [4.69, 9.17) is 4.74 Å². The summed E-state index contributed by atoms with van der Waals surface area (Å²) in [6.07, 6.45) is 0. The molecule has 1 atom stereocenters. The lowest BCUT2D eigenvalue weighted by Crippen LogP contribution is -2.43. The van der Waals surface area contributed by atoms with Crippen molar-refractivity contribution in [1.29, 1.82) is 0 Å². The van der Waals surface area contributed by atoms with E-state index in [1.165, 1.54) is 0 Å². The molecular formula is C18H20BrNO3S. The van der Waals surface area contributed by atoms with Gasteiger partial charge in [0.05, 0.1) is 11.5 Å². The second-order valence-electron chi connectivity index (χ2n) is 5.85. The molecule has 6 heteroatoms. The molecule has 0 unspecified atom stereocenters. The zero-order chi connectivity index (χ0) is 17.2.